The smallest absolute Gasteiger partial charge is 0.234 e. The Hall–Kier alpha value is -2.64. The van der Waals surface area contributed by atoms with E-state index in [1.54, 1.807) is 24.4 Å². The van der Waals surface area contributed by atoms with Crippen LogP contribution >= 0.6 is 23.4 Å². The van der Waals surface area contributed by atoms with Gasteiger partial charge in [-0.3, -0.25) is 14.3 Å². The van der Waals surface area contributed by atoms with E-state index in [2.05, 4.69) is 27.1 Å². The van der Waals surface area contributed by atoms with E-state index in [-0.39, 0.29) is 11.7 Å². The van der Waals surface area contributed by atoms with E-state index in [0.29, 0.717) is 22.5 Å². The average Bonchev–Trinajstić information content (AvgIpc) is 3.06. The first-order valence-corrected chi connectivity index (χ1v) is 9.59. The van der Waals surface area contributed by atoms with Crippen LogP contribution in [0, 0.1) is 6.92 Å². The van der Waals surface area contributed by atoms with Crippen molar-refractivity contribution in [1.29, 1.82) is 0 Å². The van der Waals surface area contributed by atoms with Crippen molar-refractivity contribution in [1.82, 2.24) is 19.7 Å². The van der Waals surface area contributed by atoms with Gasteiger partial charge in [0.1, 0.15) is 5.69 Å². The molecule has 0 saturated heterocycles. The van der Waals surface area contributed by atoms with Gasteiger partial charge in [-0.1, -0.05) is 35.5 Å². The summed E-state index contributed by atoms with van der Waals surface area (Å²) in [5, 5.41) is 12.6. The van der Waals surface area contributed by atoms with Crippen LogP contribution in [-0.2, 0) is 11.3 Å². The lowest BCUT2D eigenvalue weighted by Crippen LogP contribution is -2.15. The fourth-order valence-corrected chi connectivity index (χ4v) is 3.43. The molecule has 6 nitrogen and oxygen atoms in total. The molecule has 2 heterocycles. The lowest BCUT2D eigenvalue weighted by Gasteiger charge is -2.09. The van der Waals surface area contributed by atoms with Crippen LogP contribution in [0.4, 0.5) is 5.69 Å². The van der Waals surface area contributed by atoms with Crippen LogP contribution in [0.2, 0.25) is 5.02 Å². The molecule has 0 radical (unpaired) electrons. The monoisotopic (exact) mass is 399 g/mol. The standard InChI is InChI=1S/C19H18ClN5OS/c1-3-10-25-18(16-6-4-5-9-21-16)23-24-19(25)27-12-17(26)22-15-8-7-14(20)11-13(15)2/h3-9,11H,1,10,12H2,2H3,(H,22,26). The number of nitrogens with one attached hydrogen (secondary N) is 1. The summed E-state index contributed by atoms with van der Waals surface area (Å²) in [6, 6.07) is 11.0. The number of carbonyl (C=O) groups excluding carboxylic acids is 1. The van der Waals surface area contributed by atoms with Gasteiger partial charge >= 0.3 is 0 Å². The highest BCUT2D eigenvalue weighted by Gasteiger charge is 2.16. The highest BCUT2D eigenvalue weighted by atomic mass is 35.5. The Morgan fingerprint density at radius 3 is 2.89 bits per heavy atom. The number of anilines is 1. The zero-order chi connectivity index (χ0) is 19.2. The van der Waals surface area contributed by atoms with E-state index in [1.165, 1.54) is 11.8 Å². The highest BCUT2D eigenvalue weighted by Crippen LogP contribution is 2.24. The van der Waals surface area contributed by atoms with Crippen LogP contribution in [-0.4, -0.2) is 31.4 Å². The fourth-order valence-electron chi connectivity index (χ4n) is 2.46. The molecule has 0 bridgehead atoms. The maximum Gasteiger partial charge on any atom is 0.234 e. The molecule has 0 aliphatic heterocycles. The first kappa shape index (κ1) is 19.1. The Balaban J connectivity index is 1.71. The molecule has 1 aromatic carbocycles. The number of allylic oxidation sites excluding steroid dienone is 1. The normalized spacial score (nSPS) is 10.6. The summed E-state index contributed by atoms with van der Waals surface area (Å²) in [7, 11) is 0. The molecule has 3 aromatic rings. The predicted octanol–water partition coefficient (Wildman–Crippen LogP) is 4.22. The highest BCUT2D eigenvalue weighted by molar-refractivity contribution is 7.99. The molecule has 138 valence electrons. The third-order valence-electron chi connectivity index (χ3n) is 3.72. The maximum absolute atomic E-state index is 12.3. The summed E-state index contributed by atoms with van der Waals surface area (Å²) in [6.07, 6.45) is 3.47. The lowest BCUT2D eigenvalue weighted by molar-refractivity contribution is -0.113. The topological polar surface area (TPSA) is 72.7 Å². The Morgan fingerprint density at radius 2 is 2.19 bits per heavy atom. The number of pyridine rings is 1. The van der Waals surface area contributed by atoms with Crippen molar-refractivity contribution in [2.45, 2.75) is 18.6 Å². The maximum atomic E-state index is 12.3. The quantitative estimate of drug-likeness (QED) is 0.475. The van der Waals surface area contributed by atoms with Gasteiger partial charge in [0.15, 0.2) is 11.0 Å². The zero-order valence-electron chi connectivity index (χ0n) is 14.7. The van der Waals surface area contributed by atoms with Crippen molar-refractivity contribution in [3.8, 4) is 11.5 Å². The molecular formula is C19H18ClN5OS. The summed E-state index contributed by atoms with van der Waals surface area (Å²) in [6.45, 7) is 6.21. The van der Waals surface area contributed by atoms with Gasteiger partial charge in [0.05, 0.1) is 5.75 Å². The number of hydrogen-bond acceptors (Lipinski definition) is 5. The predicted molar refractivity (Wildman–Crippen MR) is 109 cm³/mol. The fraction of sp³-hybridized carbons (Fsp3) is 0.158. The zero-order valence-corrected chi connectivity index (χ0v) is 16.3. The Kier molecular flexibility index (Phi) is 6.26. The number of halogens is 1. The van der Waals surface area contributed by atoms with E-state index < -0.39 is 0 Å². The minimum absolute atomic E-state index is 0.127. The minimum Gasteiger partial charge on any atom is -0.325 e. The molecule has 0 atom stereocenters. The van der Waals surface area contributed by atoms with Crippen LogP contribution < -0.4 is 5.32 Å². The number of aryl methyl sites for hydroxylation is 1. The molecule has 27 heavy (non-hydrogen) atoms. The summed E-state index contributed by atoms with van der Waals surface area (Å²) in [5.41, 5.74) is 2.37. The van der Waals surface area contributed by atoms with E-state index in [0.717, 1.165) is 16.9 Å². The van der Waals surface area contributed by atoms with Gasteiger partial charge in [0.2, 0.25) is 5.91 Å². The third-order valence-corrected chi connectivity index (χ3v) is 4.92. The first-order chi connectivity index (χ1) is 13.1. The number of nitrogens with zero attached hydrogens (tertiary/aromatic N) is 4. The van der Waals surface area contributed by atoms with Gasteiger partial charge in [0, 0.05) is 23.5 Å². The van der Waals surface area contributed by atoms with Crippen LogP contribution in [0.1, 0.15) is 5.56 Å². The summed E-state index contributed by atoms with van der Waals surface area (Å²) in [5.74, 6) is 0.726. The van der Waals surface area contributed by atoms with Gasteiger partial charge in [0.25, 0.3) is 0 Å². The molecular weight excluding hydrogens is 382 g/mol. The molecule has 0 aliphatic carbocycles. The Bertz CT molecular complexity index is 958. The van der Waals surface area contributed by atoms with E-state index in [9.17, 15) is 4.79 Å². The first-order valence-electron chi connectivity index (χ1n) is 8.23. The molecule has 0 unspecified atom stereocenters. The van der Waals surface area contributed by atoms with Crippen molar-refractivity contribution in [3.63, 3.8) is 0 Å². The molecule has 8 heteroatoms. The van der Waals surface area contributed by atoms with Crippen molar-refractivity contribution in [2.75, 3.05) is 11.1 Å². The Morgan fingerprint density at radius 1 is 1.33 bits per heavy atom. The molecule has 1 amide bonds. The number of thioether (sulfide) groups is 1. The van der Waals surface area contributed by atoms with Crippen molar-refractivity contribution >= 4 is 35.0 Å². The largest absolute Gasteiger partial charge is 0.325 e. The van der Waals surface area contributed by atoms with Gasteiger partial charge in [-0.05, 0) is 42.8 Å². The molecule has 0 fully saturated rings. The molecule has 2 aromatic heterocycles. The van der Waals surface area contributed by atoms with Gasteiger partial charge in [-0.25, -0.2) is 0 Å². The van der Waals surface area contributed by atoms with E-state index >= 15 is 0 Å². The van der Waals surface area contributed by atoms with Crippen LogP contribution in [0.5, 0.6) is 0 Å². The average molecular weight is 400 g/mol. The number of carbonyl (C=O) groups is 1. The van der Waals surface area contributed by atoms with Crippen molar-refractivity contribution in [2.24, 2.45) is 0 Å². The van der Waals surface area contributed by atoms with Crippen LogP contribution in [0.25, 0.3) is 11.5 Å². The second-order valence-electron chi connectivity index (χ2n) is 5.72. The molecule has 0 saturated carbocycles. The van der Waals surface area contributed by atoms with Gasteiger partial charge in [-0.15, -0.1) is 16.8 Å². The molecule has 0 aliphatic rings. The number of rotatable bonds is 7. The van der Waals surface area contributed by atoms with Crippen LogP contribution in [0.3, 0.4) is 0 Å². The molecule has 1 N–H and O–H groups in total. The lowest BCUT2D eigenvalue weighted by atomic mass is 10.2. The summed E-state index contributed by atoms with van der Waals surface area (Å²) < 4.78 is 1.89. The number of benzene rings is 1. The number of aromatic nitrogens is 4. The van der Waals surface area contributed by atoms with Crippen molar-refractivity contribution < 1.29 is 4.79 Å². The SMILES string of the molecule is C=CCn1c(SCC(=O)Nc2ccc(Cl)cc2C)nnc1-c1ccccn1. The summed E-state index contributed by atoms with van der Waals surface area (Å²) in [4.78, 5) is 16.6. The summed E-state index contributed by atoms with van der Waals surface area (Å²) >= 11 is 7.26. The van der Waals surface area contributed by atoms with Crippen molar-refractivity contribution in [3.05, 3.63) is 65.8 Å². The second-order valence-corrected chi connectivity index (χ2v) is 7.10. The third kappa shape index (κ3) is 4.75. The molecule has 3 rings (SSSR count). The van der Waals surface area contributed by atoms with Gasteiger partial charge in [-0.2, -0.15) is 0 Å². The second kappa shape index (κ2) is 8.83. The van der Waals surface area contributed by atoms with E-state index in [1.807, 2.05) is 35.8 Å². The number of hydrogen-bond donors (Lipinski definition) is 1. The minimum atomic E-state index is -0.127. The number of amides is 1. The Labute approximate surface area is 166 Å². The van der Waals surface area contributed by atoms with Crippen LogP contribution in [0.15, 0.2) is 60.4 Å². The molecule has 0 spiro atoms. The van der Waals surface area contributed by atoms with Gasteiger partial charge < -0.3 is 5.32 Å². The van der Waals surface area contributed by atoms with E-state index in [4.69, 9.17) is 11.6 Å².